The second-order valence-electron chi connectivity index (χ2n) is 15.9. The number of alkyl halides is 3. The molecule has 1 aromatic heterocycles. The molecule has 7 nitrogen and oxygen atoms in total. The Balaban J connectivity index is 1.12. The lowest BCUT2D eigenvalue weighted by Gasteiger charge is -2.47. The first kappa shape index (κ1) is 36.8. The summed E-state index contributed by atoms with van der Waals surface area (Å²) in [5.74, 6) is 1.64. The van der Waals surface area contributed by atoms with Crippen molar-refractivity contribution in [1.82, 2.24) is 9.88 Å². The van der Waals surface area contributed by atoms with Crippen LogP contribution in [0.15, 0.2) is 54.7 Å². The number of nitrogens with one attached hydrogen (secondary N) is 1. The molecule has 1 spiro atoms. The first-order valence-corrected chi connectivity index (χ1v) is 19.2. The second kappa shape index (κ2) is 14.7. The minimum atomic E-state index is -4.24. The van der Waals surface area contributed by atoms with E-state index in [0.717, 1.165) is 43.5 Å². The second-order valence-corrected chi connectivity index (χ2v) is 16.3. The van der Waals surface area contributed by atoms with Gasteiger partial charge in [-0.25, -0.2) is 4.79 Å². The van der Waals surface area contributed by atoms with Crippen LogP contribution in [0.2, 0.25) is 5.02 Å². The number of benzene rings is 2. The van der Waals surface area contributed by atoms with Gasteiger partial charge in [0.05, 0.1) is 13.2 Å². The van der Waals surface area contributed by atoms with Gasteiger partial charge in [-0.2, -0.15) is 13.2 Å². The van der Waals surface area contributed by atoms with Crippen molar-refractivity contribution in [3.63, 3.8) is 0 Å². The molecule has 0 bridgehead atoms. The van der Waals surface area contributed by atoms with Crippen LogP contribution in [0.4, 0.5) is 18.9 Å². The minimum Gasteiger partial charge on any atom is -0.493 e. The zero-order valence-corrected chi connectivity index (χ0v) is 30.7. The molecule has 7 rings (SSSR count). The van der Waals surface area contributed by atoms with Crippen LogP contribution < -0.4 is 14.8 Å². The summed E-state index contributed by atoms with van der Waals surface area (Å²) in [4.78, 5) is 19.0. The standard InChI is InChI=1S/C41H49ClF3N3O4/c1-26(24-51-36-11-17-46-35-8-3-5-27(2)37(35)36)19-29-20-28-9-10-32(52-33-12-18-48(23-33)25-41(43,44)45)22-34(28)39(29)13-15-40(16-14-39,38(49)50)47-31-7-4-6-30(42)21-31/h4,6-7,9-11,17,21-22,26-27,29,33,47H,3,5,8,12-16,18-20,23-25H2,1-2H3,(H,49,50)/t26-,27-,29+,33?,39?,40?/m1/s1. The number of halogens is 4. The number of carboxylic acids is 1. The predicted molar refractivity (Wildman–Crippen MR) is 196 cm³/mol. The summed E-state index contributed by atoms with van der Waals surface area (Å²) in [6, 6.07) is 15.4. The highest BCUT2D eigenvalue weighted by Crippen LogP contribution is 2.57. The number of aryl methyl sites for hydroxylation is 1. The van der Waals surface area contributed by atoms with Gasteiger partial charge in [-0.05, 0) is 135 Å². The predicted octanol–water partition coefficient (Wildman–Crippen LogP) is 9.22. The fourth-order valence-electron chi connectivity index (χ4n) is 9.63. The summed E-state index contributed by atoms with van der Waals surface area (Å²) in [6.07, 6.45) is 5.06. The fourth-order valence-corrected chi connectivity index (χ4v) is 9.82. The van der Waals surface area contributed by atoms with Crippen molar-refractivity contribution < 1.29 is 32.5 Å². The molecule has 2 fully saturated rings. The van der Waals surface area contributed by atoms with E-state index < -0.39 is 24.2 Å². The van der Waals surface area contributed by atoms with Crippen molar-refractivity contribution in [3.05, 3.63) is 82.1 Å². The average Bonchev–Trinajstić information content (AvgIpc) is 3.64. The van der Waals surface area contributed by atoms with Crippen LogP contribution >= 0.6 is 11.6 Å². The molecule has 280 valence electrons. The monoisotopic (exact) mass is 739 g/mol. The Morgan fingerprint density at radius 2 is 1.94 bits per heavy atom. The van der Waals surface area contributed by atoms with Crippen molar-refractivity contribution >= 4 is 23.3 Å². The van der Waals surface area contributed by atoms with E-state index >= 15 is 0 Å². The van der Waals surface area contributed by atoms with Crippen molar-refractivity contribution in [1.29, 1.82) is 0 Å². The molecule has 2 aromatic carbocycles. The number of rotatable bonds is 11. The topological polar surface area (TPSA) is 83.9 Å². The Kier molecular flexibility index (Phi) is 10.4. The Bertz CT molecular complexity index is 1760. The lowest BCUT2D eigenvalue weighted by atomic mass is 9.59. The van der Waals surface area contributed by atoms with Crippen molar-refractivity contribution in [2.75, 3.05) is 31.6 Å². The number of nitrogens with zero attached hydrogens (tertiary/aromatic N) is 2. The summed E-state index contributed by atoms with van der Waals surface area (Å²) in [6.45, 7) is 4.71. The Morgan fingerprint density at radius 3 is 2.69 bits per heavy atom. The van der Waals surface area contributed by atoms with Crippen LogP contribution in [0.5, 0.6) is 11.5 Å². The summed E-state index contributed by atoms with van der Waals surface area (Å²) < 4.78 is 52.1. The molecule has 3 aliphatic carbocycles. The minimum absolute atomic E-state index is 0.234. The maximum atomic E-state index is 13.1. The number of anilines is 1. The Labute approximate surface area is 309 Å². The summed E-state index contributed by atoms with van der Waals surface area (Å²) in [7, 11) is 0. The van der Waals surface area contributed by atoms with Crippen molar-refractivity contribution in [2.45, 2.75) is 107 Å². The van der Waals surface area contributed by atoms with Gasteiger partial charge in [-0.3, -0.25) is 9.88 Å². The first-order valence-electron chi connectivity index (χ1n) is 18.8. The highest BCUT2D eigenvalue weighted by Gasteiger charge is 2.54. The van der Waals surface area contributed by atoms with Gasteiger partial charge in [0.25, 0.3) is 0 Å². The number of carboxylic acid groups (broad SMARTS) is 1. The molecular weight excluding hydrogens is 691 g/mol. The van der Waals surface area contributed by atoms with E-state index in [4.69, 9.17) is 21.1 Å². The van der Waals surface area contributed by atoms with Crippen LogP contribution in [0, 0.1) is 11.8 Å². The van der Waals surface area contributed by atoms with E-state index in [2.05, 4.69) is 36.3 Å². The molecule has 1 unspecified atom stereocenters. The first-order chi connectivity index (χ1) is 24.8. The fraction of sp³-hybridized carbons (Fsp3) is 0.561. The molecule has 52 heavy (non-hydrogen) atoms. The molecule has 2 N–H and O–H groups in total. The van der Waals surface area contributed by atoms with E-state index in [1.165, 1.54) is 21.6 Å². The zero-order valence-electron chi connectivity index (χ0n) is 30.0. The summed E-state index contributed by atoms with van der Waals surface area (Å²) in [5.41, 5.74) is 4.07. The number of ether oxygens (including phenoxy) is 2. The van der Waals surface area contributed by atoms with Gasteiger partial charge in [0.1, 0.15) is 23.1 Å². The van der Waals surface area contributed by atoms with Crippen molar-refractivity contribution in [3.8, 4) is 11.5 Å². The molecule has 0 amide bonds. The molecule has 0 radical (unpaired) electrons. The summed E-state index contributed by atoms with van der Waals surface area (Å²) in [5, 5.41) is 14.5. The van der Waals surface area contributed by atoms with Gasteiger partial charge in [-0.15, -0.1) is 0 Å². The van der Waals surface area contributed by atoms with Crippen LogP contribution in [0.1, 0.15) is 93.5 Å². The number of hydrogen-bond acceptors (Lipinski definition) is 6. The molecule has 4 atom stereocenters. The van der Waals surface area contributed by atoms with Gasteiger partial charge in [0, 0.05) is 41.3 Å². The summed E-state index contributed by atoms with van der Waals surface area (Å²) >= 11 is 6.26. The van der Waals surface area contributed by atoms with Crippen LogP contribution in [0.3, 0.4) is 0 Å². The number of aromatic nitrogens is 1. The SMILES string of the molecule is C[C@@H](COc1ccnc2c1[C@H](C)CCC2)C[C@H]1Cc2ccc(OC3CCN(CC(F)(F)F)C3)cc2C12CCC(Nc1cccc(Cl)c1)(C(=O)O)CC2. The van der Waals surface area contributed by atoms with E-state index in [0.29, 0.717) is 67.6 Å². The normalized spacial score (nSPS) is 27.9. The molecular formula is C41H49ClF3N3O4. The molecule has 2 heterocycles. The van der Waals surface area contributed by atoms with Crippen molar-refractivity contribution in [2.24, 2.45) is 11.8 Å². The maximum absolute atomic E-state index is 13.1. The number of fused-ring (bicyclic) bond motifs is 3. The van der Waals surface area contributed by atoms with Gasteiger partial charge in [-0.1, -0.05) is 37.6 Å². The number of carbonyl (C=O) groups is 1. The highest BCUT2D eigenvalue weighted by molar-refractivity contribution is 6.30. The largest absolute Gasteiger partial charge is 0.493 e. The van der Waals surface area contributed by atoms with Crippen LogP contribution in [-0.4, -0.2) is 65.0 Å². The molecule has 1 aliphatic heterocycles. The number of hydrogen-bond donors (Lipinski definition) is 2. The van der Waals surface area contributed by atoms with Gasteiger partial charge < -0.3 is 19.9 Å². The van der Waals surface area contributed by atoms with Gasteiger partial charge in [0.15, 0.2) is 0 Å². The molecule has 1 saturated heterocycles. The number of pyridine rings is 1. The Morgan fingerprint density at radius 1 is 1.13 bits per heavy atom. The van der Waals surface area contributed by atoms with E-state index in [1.54, 1.807) is 12.1 Å². The molecule has 1 saturated carbocycles. The maximum Gasteiger partial charge on any atom is 0.401 e. The average molecular weight is 740 g/mol. The van der Waals surface area contributed by atoms with E-state index in [1.807, 2.05) is 30.5 Å². The molecule has 3 aromatic rings. The van der Waals surface area contributed by atoms with Gasteiger partial charge in [0.2, 0.25) is 0 Å². The number of likely N-dealkylation sites (tertiary alicyclic amines) is 1. The van der Waals surface area contributed by atoms with Crippen LogP contribution in [0.25, 0.3) is 0 Å². The lowest BCUT2D eigenvalue weighted by Crippen LogP contribution is -2.53. The molecule has 4 aliphatic rings. The number of aliphatic carboxylic acids is 1. The quantitative estimate of drug-likeness (QED) is 0.203. The van der Waals surface area contributed by atoms with Gasteiger partial charge >= 0.3 is 12.1 Å². The smallest absolute Gasteiger partial charge is 0.401 e. The zero-order chi connectivity index (χ0) is 36.7. The van der Waals surface area contributed by atoms with E-state index in [-0.39, 0.29) is 29.9 Å². The van der Waals surface area contributed by atoms with E-state index in [9.17, 15) is 23.1 Å². The Hall–Kier alpha value is -3.50. The molecule has 11 heteroatoms. The lowest BCUT2D eigenvalue weighted by molar-refractivity contribution is -0.145. The third kappa shape index (κ3) is 7.74. The third-order valence-corrected chi connectivity index (χ3v) is 12.4. The highest BCUT2D eigenvalue weighted by atomic mass is 35.5. The third-order valence-electron chi connectivity index (χ3n) is 12.2. The van der Waals surface area contributed by atoms with Crippen LogP contribution in [-0.2, 0) is 23.1 Å².